The van der Waals surface area contributed by atoms with Gasteiger partial charge in [-0.1, -0.05) is 62.8 Å². The molecule has 0 saturated carbocycles. The van der Waals surface area contributed by atoms with E-state index in [1.165, 1.54) is 68.9 Å². The number of nitrogens with zero attached hydrogens (tertiary/aromatic N) is 3. The molecule has 0 aromatic heterocycles. The van der Waals surface area contributed by atoms with Crippen LogP contribution in [0.1, 0.15) is 87.8 Å². The molecule has 3 atom stereocenters. The average Bonchev–Trinajstić information content (AvgIpc) is 2.85. The molecule has 0 spiro atoms. The predicted molar refractivity (Wildman–Crippen MR) is 139 cm³/mol. The zero-order valence-electron chi connectivity index (χ0n) is 21.4. The van der Waals surface area contributed by atoms with Crippen LogP contribution in [0.25, 0.3) is 0 Å². The molecule has 4 rings (SSSR count). The number of piperazine rings is 1. The monoisotopic (exact) mass is 469 g/mol. The lowest BCUT2D eigenvalue weighted by atomic mass is 9.77. The minimum atomic E-state index is 0.139. The first-order valence-corrected chi connectivity index (χ1v) is 13.9. The van der Waals surface area contributed by atoms with Gasteiger partial charge in [-0.3, -0.25) is 4.79 Å². The van der Waals surface area contributed by atoms with Crippen LogP contribution in [0.5, 0.6) is 0 Å². The standard InChI is InChI=1S/C28H47N5O/c1-31-18-20-32(21-19-31)27(34)14-8-6-4-2-3-5-7-11-17-33-26(29)22-24-16-15-23-12-9-10-13-25(23)28(24)30-33/h9-10,12-13,24,26,28,30H,2-8,11,14-22,29H2,1H3. The van der Waals surface area contributed by atoms with Crippen LogP contribution in [0, 0.1) is 5.92 Å². The third-order valence-electron chi connectivity index (χ3n) is 8.29. The van der Waals surface area contributed by atoms with Crippen molar-refractivity contribution < 1.29 is 4.79 Å². The highest BCUT2D eigenvalue weighted by molar-refractivity contribution is 5.76. The molecular weight excluding hydrogens is 422 g/mol. The Morgan fingerprint density at radius 1 is 0.971 bits per heavy atom. The van der Waals surface area contributed by atoms with Crippen LogP contribution in [0.2, 0.25) is 0 Å². The quantitative estimate of drug-likeness (QED) is 0.478. The summed E-state index contributed by atoms with van der Waals surface area (Å²) >= 11 is 0. The first-order chi connectivity index (χ1) is 16.6. The fourth-order valence-electron chi connectivity index (χ4n) is 6.03. The molecule has 3 N–H and O–H groups in total. The number of carbonyl (C=O) groups excluding carboxylic acids is 1. The molecule has 6 heteroatoms. The molecule has 0 bridgehead atoms. The van der Waals surface area contributed by atoms with E-state index in [4.69, 9.17) is 5.73 Å². The minimum Gasteiger partial charge on any atom is -0.340 e. The number of nitrogens with one attached hydrogen (secondary N) is 1. The van der Waals surface area contributed by atoms with Gasteiger partial charge in [-0.15, -0.1) is 0 Å². The summed E-state index contributed by atoms with van der Waals surface area (Å²) in [6, 6.07) is 9.37. The van der Waals surface area contributed by atoms with E-state index in [1.54, 1.807) is 0 Å². The Kier molecular flexibility index (Phi) is 9.80. The summed E-state index contributed by atoms with van der Waals surface area (Å²) in [5, 5.41) is 2.32. The van der Waals surface area contributed by atoms with Crippen molar-refractivity contribution >= 4 is 5.91 Å². The molecule has 190 valence electrons. The van der Waals surface area contributed by atoms with Crippen LogP contribution >= 0.6 is 0 Å². The number of carbonyl (C=O) groups is 1. The number of hydrogen-bond acceptors (Lipinski definition) is 5. The van der Waals surface area contributed by atoms with Crippen molar-refractivity contribution in [2.24, 2.45) is 11.7 Å². The fraction of sp³-hybridized carbons (Fsp3) is 0.750. The number of unbranched alkanes of at least 4 members (excludes halogenated alkanes) is 7. The van der Waals surface area contributed by atoms with Gasteiger partial charge in [0.15, 0.2) is 0 Å². The van der Waals surface area contributed by atoms with Crippen molar-refractivity contribution in [1.82, 2.24) is 20.2 Å². The van der Waals surface area contributed by atoms with Gasteiger partial charge >= 0.3 is 0 Å². The average molecular weight is 470 g/mol. The second-order valence-electron chi connectivity index (χ2n) is 10.9. The summed E-state index contributed by atoms with van der Waals surface area (Å²) in [7, 11) is 2.13. The molecule has 2 saturated heterocycles. The Hall–Kier alpha value is -1.47. The van der Waals surface area contributed by atoms with E-state index in [0.29, 0.717) is 17.9 Å². The Morgan fingerprint density at radius 3 is 2.41 bits per heavy atom. The molecular formula is C28H47N5O. The van der Waals surface area contributed by atoms with Gasteiger partial charge in [0.05, 0.1) is 6.17 Å². The largest absolute Gasteiger partial charge is 0.340 e. The normalized spacial score (nSPS) is 25.7. The van der Waals surface area contributed by atoms with Gasteiger partial charge in [0.25, 0.3) is 0 Å². The number of likely N-dealkylation sites (N-methyl/N-ethyl adjacent to an activating group) is 1. The zero-order chi connectivity index (χ0) is 23.8. The van der Waals surface area contributed by atoms with Crippen molar-refractivity contribution in [1.29, 1.82) is 0 Å². The number of rotatable bonds is 11. The smallest absolute Gasteiger partial charge is 0.222 e. The van der Waals surface area contributed by atoms with Crippen molar-refractivity contribution in [3.8, 4) is 0 Å². The zero-order valence-corrected chi connectivity index (χ0v) is 21.4. The first kappa shape index (κ1) is 25.6. The van der Waals surface area contributed by atoms with Gasteiger partial charge in [0.2, 0.25) is 5.91 Å². The van der Waals surface area contributed by atoms with Gasteiger partial charge in [-0.2, -0.15) is 0 Å². The number of amides is 1. The van der Waals surface area contributed by atoms with Gasteiger partial charge in [0, 0.05) is 45.2 Å². The van der Waals surface area contributed by atoms with Crippen molar-refractivity contribution in [2.75, 3.05) is 39.8 Å². The number of aryl methyl sites for hydroxylation is 1. The first-order valence-electron chi connectivity index (χ1n) is 13.9. The highest BCUT2D eigenvalue weighted by Crippen LogP contribution is 2.39. The summed E-state index contributed by atoms with van der Waals surface area (Å²) in [4.78, 5) is 16.6. The minimum absolute atomic E-state index is 0.139. The van der Waals surface area contributed by atoms with Gasteiger partial charge in [-0.25, -0.2) is 10.4 Å². The van der Waals surface area contributed by atoms with E-state index >= 15 is 0 Å². The van der Waals surface area contributed by atoms with Crippen molar-refractivity contribution in [3.05, 3.63) is 35.4 Å². The van der Waals surface area contributed by atoms with E-state index in [-0.39, 0.29) is 6.17 Å². The summed E-state index contributed by atoms with van der Waals surface area (Å²) in [5.74, 6) is 1.03. The van der Waals surface area contributed by atoms with Crippen LogP contribution < -0.4 is 11.2 Å². The van der Waals surface area contributed by atoms with Crippen LogP contribution in [0.3, 0.4) is 0 Å². The van der Waals surface area contributed by atoms with Gasteiger partial charge < -0.3 is 15.5 Å². The van der Waals surface area contributed by atoms with Crippen molar-refractivity contribution in [3.63, 3.8) is 0 Å². The lowest BCUT2D eigenvalue weighted by molar-refractivity contribution is -0.132. The number of hydrazine groups is 1. The third-order valence-corrected chi connectivity index (χ3v) is 8.29. The molecule has 1 aliphatic carbocycles. The van der Waals surface area contributed by atoms with Crippen molar-refractivity contribution in [2.45, 2.75) is 89.3 Å². The second-order valence-corrected chi connectivity index (χ2v) is 10.9. The van der Waals surface area contributed by atoms with E-state index in [2.05, 4.69) is 51.5 Å². The third kappa shape index (κ3) is 7.03. The van der Waals surface area contributed by atoms with Gasteiger partial charge in [0.1, 0.15) is 0 Å². The Labute approximate surface area is 207 Å². The molecule has 6 nitrogen and oxygen atoms in total. The Morgan fingerprint density at radius 2 is 1.65 bits per heavy atom. The van der Waals surface area contributed by atoms with Crippen LogP contribution in [0.15, 0.2) is 24.3 Å². The summed E-state index contributed by atoms with van der Waals surface area (Å²) < 4.78 is 0. The molecule has 2 fully saturated rings. The number of benzene rings is 1. The maximum absolute atomic E-state index is 12.3. The molecule has 3 aliphatic rings. The maximum atomic E-state index is 12.3. The lowest BCUT2D eigenvalue weighted by Crippen LogP contribution is -2.59. The Bertz CT molecular complexity index is 763. The summed E-state index contributed by atoms with van der Waals surface area (Å²) in [5.41, 5.74) is 13.3. The molecule has 34 heavy (non-hydrogen) atoms. The lowest BCUT2D eigenvalue weighted by Gasteiger charge is -2.46. The summed E-state index contributed by atoms with van der Waals surface area (Å²) in [6.45, 7) is 4.88. The second kappa shape index (κ2) is 13.0. The van der Waals surface area contributed by atoms with E-state index in [9.17, 15) is 4.79 Å². The van der Waals surface area contributed by atoms with Crippen LogP contribution in [-0.2, 0) is 11.2 Å². The number of fused-ring (bicyclic) bond motifs is 3. The maximum Gasteiger partial charge on any atom is 0.222 e. The molecule has 3 unspecified atom stereocenters. The van der Waals surface area contributed by atoms with Crippen LogP contribution in [-0.4, -0.2) is 66.7 Å². The van der Waals surface area contributed by atoms with Gasteiger partial charge in [-0.05, 0) is 56.2 Å². The van der Waals surface area contributed by atoms with E-state index in [0.717, 1.165) is 52.0 Å². The molecule has 1 aromatic rings. The predicted octanol–water partition coefficient (Wildman–Crippen LogP) is 4.07. The van der Waals surface area contributed by atoms with E-state index in [1.807, 2.05) is 0 Å². The van der Waals surface area contributed by atoms with Crippen LogP contribution in [0.4, 0.5) is 0 Å². The molecule has 1 amide bonds. The summed E-state index contributed by atoms with van der Waals surface area (Å²) in [6.07, 6.45) is 14.3. The SMILES string of the molecule is CN1CCN(C(=O)CCCCCCCCCCN2NC3c4ccccc4CCC3CC2N)CC1. The topological polar surface area (TPSA) is 64.8 Å². The Balaban J connectivity index is 1.03. The molecule has 1 aromatic carbocycles. The highest BCUT2D eigenvalue weighted by Gasteiger charge is 2.37. The van der Waals surface area contributed by atoms with E-state index < -0.39 is 0 Å². The molecule has 0 radical (unpaired) electrons. The fourth-order valence-corrected chi connectivity index (χ4v) is 6.03. The number of nitrogens with two attached hydrogens (primary N) is 1. The highest BCUT2D eigenvalue weighted by atomic mass is 16.2. The number of hydrogen-bond donors (Lipinski definition) is 2. The molecule has 2 heterocycles. The molecule has 2 aliphatic heterocycles.